The lowest BCUT2D eigenvalue weighted by Gasteiger charge is -2.24. The molecule has 1 heterocycles. The van der Waals surface area contributed by atoms with Gasteiger partial charge in [0.2, 0.25) is 0 Å². The Balaban J connectivity index is 1.90. The highest BCUT2D eigenvalue weighted by molar-refractivity contribution is 5.92. The van der Waals surface area contributed by atoms with E-state index in [0.717, 1.165) is 12.1 Å². The Labute approximate surface area is 164 Å². The fraction of sp³-hybridized carbons (Fsp3) is 0.227. The zero-order valence-electron chi connectivity index (χ0n) is 16.2. The second-order valence-corrected chi connectivity index (χ2v) is 6.82. The Hall–Kier alpha value is -3.25. The number of hydrogen-bond donors (Lipinski definition) is 0. The predicted octanol–water partition coefficient (Wildman–Crippen LogP) is 2.44. The molecule has 0 bridgehead atoms. The van der Waals surface area contributed by atoms with Crippen LogP contribution in [0.2, 0.25) is 0 Å². The molecule has 144 valence electrons. The number of likely N-dealkylation sites (N-methyl/N-ethyl adjacent to an activating group) is 1. The first kappa shape index (κ1) is 19.5. The molecule has 0 aliphatic rings. The van der Waals surface area contributed by atoms with Crippen LogP contribution in [0.1, 0.15) is 16.1 Å². The average Bonchev–Trinajstić information content (AvgIpc) is 2.72. The van der Waals surface area contributed by atoms with Crippen LogP contribution in [0.3, 0.4) is 0 Å². The number of carbonyl (C=O) groups is 1. The minimum absolute atomic E-state index is 0.199. The van der Waals surface area contributed by atoms with E-state index < -0.39 is 0 Å². The van der Waals surface area contributed by atoms with Gasteiger partial charge in [-0.05, 0) is 37.9 Å². The van der Waals surface area contributed by atoms with Crippen LogP contribution < -0.4 is 5.56 Å². The number of rotatable bonds is 7. The van der Waals surface area contributed by atoms with Crippen molar-refractivity contribution in [3.05, 3.63) is 94.4 Å². The van der Waals surface area contributed by atoms with E-state index in [9.17, 15) is 9.59 Å². The summed E-state index contributed by atoms with van der Waals surface area (Å²) in [6.07, 6.45) is 0. The predicted molar refractivity (Wildman–Crippen MR) is 110 cm³/mol. The van der Waals surface area contributed by atoms with Crippen molar-refractivity contribution in [1.82, 2.24) is 19.6 Å². The van der Waals surface area contributed by atoms with Gasteiger partial charge in [-0.25, -0.2) is 0 Å². The van der Waals surface area contributed by atoms with Crippen molar-refractivity contribution < 1.29 is 4.79 Å². The van der Waals surface area contributed by atoms with Gasteiger partial charge in [0.1, 0.15) is 5.69 Å². The summed E-state index contributed by atoms with van der Waals surface area (Å²) in [6, 6.07) is 21.8. The van der Waals surface area contributed by atoms with Crippen molar-refractivity contribution >= 4 is 5.91 Å². The lowest BCUT2D eigenvalue weighted by Crippen LogP contribution is -2.37. The van der Waals surface area contributed by atoms with E-state index in [0.29, 0.717) is 18.8 Å². The number of aromatic nitrogens is 2. The van der Waals surface area contributed by atoms with Crippen LogP contribution >= 0.6 is 0 Å². The lowest BCUT2D eigenvalue weighted by atomic mass is 10.2. The van der Waals surface area contributed by atoms with Crippen LogP contribution in [0.4, 0.5) is 0 Å². The van der Waals surface area contributed by atoms with Crippen molar-refractivity contribution in [2.45, 2.75) is 6.54 Å². The molecule has 1 amide bonds. The standard InChI is InChI=1S/C22H24N4O2/c1-24(2)15-16-25(17-18-9-5-3-6-10-18)22(28)20-13-14-21(27)26(23-20)19-11-7-4-8-12-19/h3-14H,15-17H2,1-2H3. The van der Waals surface area contributed by atoms with Gasteiger partial charge in [-0.15, -0.1) is 0 Å². The minimum Gasteiger partial charge on any atom is -0.332 e. The topological polar surface area (TPSA) is 58.4 Å². The summed E-state index contributed by atoms with van der Waals surface area (Å²) in [5, 5.41) is 4.33. The highest BCUT2D eigenvalue weighted by Crippen LogP contribution is 2.09. The van der Waals surface area contributed by atoms with E-state index in [1.807, 2.05) is 67.5 Å². The lowest BCUT2D eigenvalue weighted by molar-refractivity contribution is 0.0724. The van der Waals surface area contributed by atoms with Gasteiger partial charge in [0, 0.05) is 25.7 Å². The van der Waals surface area contributed by atoms with Crippen LogP contribution in [0.5, 0.6) is 0 Å². The first-order valence-corrected chi connectivity index (χ1v) is 9.18. The smallest absolute Gasteiger partial charge is 0.274 e. The molecule has 0 atom stereocenters. The summed E-state index contributed by atoms with van der Waals surface area (Å²) < 4.78 is 1.26. The Morgan fingerprint density at radius 3 is 2.18 bits per heavy atom. The van der Waals surface area contributed by atoms with Gasteiger partial charge in [0.15, 0.2) is 0 Å². The molecule has 0 aliphatic carbocycles. The summed E-state index contributed by atoms with van der Waals surface area (Å²) in [5.41, 5.74) is 1.65. The van der Waals surface area contributed by atoms with Crippen LogP contribution in [-0.4, -0.2) is 52.7 Å². The Morgan fingerprint density at radius 2 is 1.54 bits per heavy atom. The fourth-order valence-electron chi connectivity index (χ4n) is 2.82. The van der Waals surface area contributed by atoms with Gasteiger partial charge < -0.3 is 9.80 Å². The second-order valence-electron chi connectivity index (χ2n) is 6.82. The number of benzene rings is 2. The van der Waals surface area contributed by atoms with Gasteiger partial charge in [-0.2, -0.15) is 9.78 Å². The number of nitrogens with zero attached hydrogens (tertiary/aromatic N) is 4. The molecule has 0 spiro atoms. The van der Waals surface area contributed by atoms with Crippen LogP contribution in [0.15, 0.2) is 77.6 Å². The Bertz CT molecular complexity index is 969. The average molecular weight is 376 g/mol. The van der Waals surface area contributed by atoms with Crippen LogP contribution in [0, 0.1) is 0 Å². The summed E-state index contributed by atoms with van der Waals surface area (Å²) >= 11 is 0. The normalized spacial score (nSPS) is 10.8. The quantitative estimate of drug-likeness (QED) is 0.636. The molecule has 2 aromatic carbocycles. The van der Waals surface area contributed by atoms with Gasteiger partial charge >= 0.3 is 0 Å². The highest BCUT2D eigenvalue weighted by Gasteiger charge is 2.19. The molecule has 0 saturated heterocycles. The third-order valence-corrected chi connectivity index (χ3v) is 4.34. The van der Waals surface area contributed by atoms with Crippen molar-refractivity contribution in [2.75, 3.05) is 27.2 Å². The van der Waals surface area contributed by atoms with Crippen molar-refractivity contribution in [1.29, 1.82) is 0 Å². The molecular weight excluding hydrogens is 352 g/mol. The highest BCUT2D eigenvalue weighted by atomic mass is 16.2. The van der Waals surface area contributed by atoms with E-state index >= 15 is 0 Å². The van der Waals surface area contributed by atoms with E-state index in [1.165, 1.54) is 16.8 Å². The molecule has 0 saturated carbocycles. The maximum atomic E-state index is 13.2. The Morgan fingerprint density at radius 1 is 0.893 bits per heavy atom. The molecular formula is C22H24N4O2. The fourth-order valence-corrected chi connectivity index (χ4v) is 2.82. The first-order valence-electron chi connectivity index (χ1n) is 9.18. The third kappa shape index (κ3) is 4.92. The molecule has 6 nitrogen and oxygen atoms in total. The summed E-state index contributed by atoms with van der Waals surface area (Å²) in [6.45, 7) is 1.78. The van der Waals surface area contributed by atoms with Gasteiger partial charge in [0.25, 0.3) is 11.5 Å². The van der Waals surface area contributed by atoms with E-state index in [1.54, 1.807) is 17.0 Å². The second kappa shape index (κ2) is 9.10. The van der Waals surface area contributed by atoms with E-state index in [2.05, 4.69) is 5.10 Å². The maximum Gasteiger partial charge on any atom is 0.274 e. The van der Waals surface area contributed by atoms with Crippen LogP contribution in [-0.2, 0) is 6.54 Å². The third-order valence-electron chi connectivity index (χ3n) is 4.34. The largest absolute Gasteiger partial charge is 0.332 e. The van der Waals surface area contributed by atoms with Crippen LogP contribution in [0.25, 0.3) is 5.69 Å². The Kier molecular flexibility index (Phi) is 6.34. The molecule has 0 N–H and O–H groups in total. The zero-order valence-corrected chi connectivity index (χ0v) is 16.2. The first-order chi connectivity index (χ1) is 13.5. The van der Waals surface area contributed by atoms with Gasteiger partial charge in [-0.1, -0.05) is 48.5 Å². The molecule has 1 aromatic heterocycles. The van der Waals surface area contributed by atoms with Gasteiger partial charge in [-0.3, -0.25) is 9.59 Å². The number of carbonyl (C=O) groups excluding carboxylic acids is 1. The van der Waals surface area contributed by atoms with Crippen molar-refractivity contribution in [3.8, 4) is 5.69 Å². The number of hydrogen-bond acceptors (Lipinski definition) is 4. The summed E-state index contributed by atoms with van der Waals surface area (Å²) in [5.74, 6) is -0.199. The number of para-hydroxylation sites is 1. The molecule has 0 aliphatic heterocycles. The number of amides is 1. The molecule has 3 rings (SSSR count). The van der Waals surface area contributed by atoms with Crippen molar-refractivity contribution in [3.63, 3.8) is 0 Å². The molecule has 0 radical (unpaired) electrons. The molecule has 28 heavy (non-hydrogen) atoms. The SMILES string of the molecule is CN(C)CCN(Cc1ccccc1)C(=O)c1ccc(=O)n(-c2ccccc2)n1. The molecule has 0 fully saturated rings. The zero-order chi connectivity index (χ0) is 19.9. The maximum absolute atomic E-state index is 13.2. The summed E-state index contributed by atoms with van der Waals surface area (Å²) in [7, 11) is 3.94. The monoisotopic (exact) mass is 376 g/mol. The van der Waals surface area contributed by atoms with E-state index in [-0.39, 0.29) is 17.2 Å². The van der Waals surface area contributed by atoms with Gasteiger partial charge in [0.05, 0.1) is 5.69 Å². The van der Waals surface area contributed by atoms with Crippen molar-refractivity contribution in [2.24, 2.45) is 0 Å². The molecule has 6 heteroatoms. The minimum atomic E-state index is -0.273. The molecule has 3 aromatic rings. The van der Waals surface area contributed by atoms with E-state index in [4.69, 9.17) is 0 Å². The molecule has 0 unspecified atom stereocenters. The summed E-state index contributed by atoms with van der Waals surface area (Å²) in [4.78, 5) is 29.2.